The first-order chi connectivity index (χ1) is 6.11. The van der Waals surface area contributed by atoms with Gasteiger partial charge in [0.1, 0.15) is 5.82 Å². The summed E-state index contributed by atoms with van der Waals surface area (Å²) in [6.45, 7) is 6.13. The molecule has 3 heteroatoms. The minimum absolute atomic E-state index is 0.613. The molecule has 0 aliphatic rings. The number of aryl methyl sites for hydroxylation is 3. The van der Waals surface area contributed by atoms with Crippen LogP contribution in [0, 0.1) is 20.8 Å². The van der Waals surface area contributed by atoms with E-state index in [2.05, 4.69) is 23.8 Å². The van der Waals surface area contributed by atoms with Crippen LogP contribution < -0.4 is 5.73 Å². The predicted molar refractivity (Wildman–Crippen MR) is 54.7 cm³/mol. The molecule has 2 aromatic rings. The number of nitrogens with two attached hydrogens (primary N) is 1. The first-order valence-corrected chi connectivity index (χ1v) is 4.31. The minimum Gasteiger partial charge on any atom is -0.383 e. The molecule has 0 spiro atoms. The summed E-state index contributed by atoms with van der Waals surface area (Å²) in [6.07, 6.45) is 1.82. The van der Waals surface area contributed by atoms with E-state index >= 15 is 0 Å². The molecule has 3 nitrogen and oxygen atoms in total. The lowest BCUT2D eigenvalue weighted by Crippen LogP contribution is -1.92. The second kappa shape index (κ2) is 2.49. The van der Waals surface area contributed by atoms with Crippen LogP contribution in [0.2, 0.25) is 0 Å². The third-order valence-electron chi connectivity index (χ3n) is 2.42. The van der Waals surface area contributed by atoms with Gasteiger partial charge in [-0.1, -0.05) is 0 Å². The van der Waals surface area contributed by atoms with Crippen molar-refractivity contribution in [1.82, 2.24) is 9.97 Å². The summed E-state index contributed by atoms with van der Waals surface area (Å²) in [5.41, 5.74) is 9.24. The first kappa shape index (κ1) is 8.10. The Hall–Kier alpha value is -1.51. The molecular formula is C10H13N3. The lowest BCUT2D eigenvalue weighted by atomic mass is 10.1. The Labute approximate surface area is 77.0 Å². The average Bonchev–Trinajstić information content (AvgIpc) is 2.36. The Kier molecular flexibility index (Phi) is 1.55. The van der Waals surface area contributed by atoms with Crippen LogP contribution in [0.15, 0.2) is 6.20 Å². The number of hydrogen-bond donors (Lipinski definition) is 2. The Bertz CT molecular complexity index is 426. The Morgan fingerprint density at radius 2 is 1.77 bits per heavy atom. The number of fused-ring (bicyclic) bond motifs is 1. The van der Waals surface area contributed by atoms with Crippen molar-refractivity contribution in [1.29, 1.82) is 0 Å². The highest BCUT2D eigenvalue weighted by atomic mass is 14.8. The molecule has 3 N–H and O–H groups in total. The number of nitrogens with one attached hydrogen (secondary N) is 1. The molecule has 0 fully saturated rings. The standard InChI is InChI=1S/C10H13N3/c1-5-4-12-10(11)9-7(3)13-6(2)8(5)9/h4,13H,1-3H3,(H2,11,12). The fraction of sp³-hybridized carbons (Fsp3) is 0.300. The molecule has 0 bridgehead atoms. The highest BCUT2D eigenvalue weighted by Gasteiger charge is 2.09. The Balaban J connectivity index is 3.03. The number of pyridine rings is 1. The van der Waals surface area contributed by atoms with Gasteiger partial charge in [0, 0.05) is 28.4 Å². The molecule has 0 atom stereocenters. The van der Waals surface area contributed by atoms with Crippen LogP contribution in [0.25, 0.3) is 10.8 Å². The van der Waals surface area contributed by atoms with Crippen molar-refractivity contribution in [3.63, 3.8) is 0 Å². The zero-order chi connectivity index (χ0) is 9.59. The number of H-pyrrole nitrogens is 1. The zero-order valence-electron chi connectivity index (χ0n) is 8.10. The summed E-state index contributed by atoms with van der Waals surface area (Å²) in [7, 11) is 0. The molecule has 0 aliphatic heterocycles. The van der Waals surface area contributed by atoms with Gasteiger partial charge in [0.25, 0.3) is 0 Å². The summed E-state index contributed by atoms with van der Waals surface area (Å²) in [5.74, 6) is 0.613. The van der Waals surface area contributed by atoms with Crippen LogP contribution in [-0.4, -0.2) is 9.97 Å². The summed E-state index contributed by atoms with van der Waals surface area (Å²) in [4.78, 5) is 7.42. The Morgan fingerprint density at radius 1 is 1.15 bits per heavy atom. The van der Waals surface area contributed by atoms with Gasteiger partial charge in [-0.3, -0.25) is 0 Å². The van der Waals surface area contributed by atoms with Crippen molar-refractivity contribution >= 4 is 16.6 Å². The number of hydrogen-bond acceptors (Lipinski definition) is 2. The molecule has 0 aromatic carbocycles. The lowest BCUT2D eigenvalue weighted by molar-refractivity contribution is 1.20. The molecule has 2 aromatic heterocycles. The van der Waals surface area contributed by atoms with E-state index in [0.717, 1.165) is 11.1 Å². The van der Waals surface area contributed by atoms with E-state index in [-0.39, 0.29) is 0 Å². The molecule has 0 amide bonds. The monoisotopic (exact) mass is 175 g/mol. The van der Waals surface area contributed by atoms with E-state index in [1.54, 1.807) is 0 Å². The van der Waals surface area contributed by atoms with Crippen LogP contribution >= 0.6 is 0 Å². The van der Waals surface area contributed by atoms with E-state index < -0.39 is 0 Å². The van der Waals surface area contributed by atoms with E-state index in [1.807, 2.05) is 13.1 Å². The molecule has 2 rings (SSSR count). The third-order valence-corrected chi connectivity index (χ3v) is 2.42. The van der Waals surface area contributed by atoms with Gasteiger partial charge in [0.2, 0.25) is 0 Å². The summed E-state index contributed by atoms with van der Waals surface area (Å²) >= 11 is 0. The van der Waals surface area contributed by atoms with Crippen LogP contribution in [0.5, 0.6) is 0 Å². The van der Waals surface area contributed by atoms with E-state index in [0.29, 0.717) is 5.82 Å². The number of nitrogens with zero attached hydrogens (tertiary/aromatic N) is 1. The summed E-state index contributed by atoms with van der Waals surface area (Å²) in [5, 5.41) is 2.28. The quantitative estimate of drug-likeness (QED) is 0.644. The smallest absolute Gasteiger partial charge is 0.133 e. The summed E-state index contributed by atoms with van der Waals surface area (Å²) < 4.78 is 0. The van der Waals surface area contributed by atoms with Crippen LogP contribution in [0.1, 0.15) is 17.0 Å². The van der Waals surface area contributed by atoms with Crippen molar-refractivity contribution in [2.75, 3.05) is 5.73 Å². The van der Waals surface area contributed by atoms with Gasteiger partial charge in [-0.05, 0) is 26.3 Å². The predicted octanol–water partition coefficient (Wildman–Crippen LogP) is 2.07. The Morgan fingerprint density at radius 3 is 2.38 bits per heavy atom. The molecule has 0 saturated heterocycles. The fourth-order valence-electron chi connectivity index (χ4n) is 1.89. The van der Waals surface area contributed by atoms with E-state index in [1.165, 1.54) is 16.6 Å². The first-order valence-electron chi connectivity index (χ1n) is 4.31. The van der Waals surface area contributed by atoms with Crippen LogP contribution in [-0.2, 0) is 0 Å². The van der Waals surface area contributed by atoms with Crippen molar-refractivity contribution in [2.24, 2.45) is 0 Å². The van der Waals surface area contributed by atoms with Gasteiger partial charge in [-0.2, -0.15) is 0 Å². The maximum Gasteiger partial charge on any atom is 0.133 e. The molecule has 13 heavy (non-hydrogen) atoms. The van der Waals surface area contributed by atoms with Crippen molar-refractivity contribution in [2.45, 2.75) is 20.8 Å². The highest BCUT2D eigenvalue weighted by Crippen LogP contribution is 2.28. The number of aromatic amines is 1. The largest absolute Gasteiger partial charge is 0.383 e. The molecule has 68 valence electrons. The van der Waals surface area contributed by atoms with Crippen molar-refractivity contribution < 1.29 is 0 Å². The highest BCUT2D eigenvalue weighted by molar-refractivity contribution is 5.97. The van der Waals surface area contributed by atoms with Gasteiger partial charge in [-0.15, -0.1) is 0 Å². The lowest BCUT2D eigenvalue weighted by Gasteiger charge is -2.00. The van der Waals surface area contributed by atoms with Gasteiger partial charge in [0.05, 0.1) is 0 Å². The maximum absolute atomic E-state index is 5.81. The minimum atomic E-state index is 0.613. The summed E-state index contributed by atoms with van der Waals surface area (Å²) in [6, 6.07) is 0. The third kappa shape index (κ3) is 1.00. The second-order valence-corrected chi connectivity index (χ2v) is 3.45. The number of rotatable bonds is 0. The van der Waals surface area contributed by atoms with Gasteiger partial charge < -0.3 is 10.7 Å². The SMILES string of the molecule is Cc1cnc(N)c2c(C)[nH]c(C)c12. The average molecular weight is 175 g/mol. The number of nitrogen functional groups attached to an aromatic ring is 1. The van der Waals surface area contributed by atoms with Crippen molar-refractivity contribution in [3.8, 4) is 0 Å². The molecule has 0 unspecified atom stereocenters. The van der Waals surface area contributed by atoms with Gasteiger partial charge >= 0.3 is 0 Å². The fourth-order valence-corrected chi connectivity index (χ4v) is 1.89. The number of aromatic nitrogens is 2. The van der Waals surface area contributed by atoms with E-state index in [4.69, 9.17) is 5.73 Å². The molecular weight excluding hydrogens is 162 g/mol. The maximum atomic E-state index is 5.81. The number of anilines is 1. The van der Waals surface area contributed by atoms with E-state index in [9.17, 15) is 0 Å². The topological polar surface area (TPSA) is 54.7 Å². The zero-order valence-corrected chi connectivity index (χ0v) is 8.10. The van der Waals surface area contributed by atoms with Crippen molar-refractivity contribution in [3.05, 3.63) is 23.1 Å². The van der Waals surface area contributed by atoms with Gasteiger partial charge in [-0.25, -0.2) is 4.98 Å². The van der Waals surface area contributed by atoms with Crippen LogP contribution in [0.3, 0.4) is 0 Å². The molecule has 2 heterocycles. The van der Waals surface area contributed by atoms with Crippen LogP contribution in [0.4, 0.5) is 5.82 Å². The molecule has 0 radical (unpaired) electrons. The molecule has 0 aliphatic carbocycles. The molecule has 0 saturated carbocycles. The van der Waals surface area contributed by atoms with Gasteiger partial charge in [0.15, 0.2) is 0 Å². The second-order valence-electron chi connectivity index (χ2n) is 3.45. The normalized spacial score (nSPS) is 11.0.